The number of likely N-dealkylation sites (N-methyl/N-ethyl adjacent to an activating group) is 1. The van der Waals surface area contributed by atoms with E-state index in [1.54, 1.807) is 0 Å². The second-order valence-corrected chi connectivity index (χ2v) is 24.1. The van der Waals surface area contributed by atoms with Crippen molar-refractivity contribution in [2.45, 2.75) is 322 Å². The van der Waals surface area contributed by atoms with E-state index in [-0.39, 0.29) is 32.2 Å². The first-order chi connectivity index (χ1) is 39.6. The first kappa shape index (κ1) is 77.7. The highest BCUT2D eigenvalue weighted by Gasteiger charge is 2.25. The normalized spacial score (nSPS) is 13.1. The standard InChI is InChI=1S/C72H129NO8/c1-6-8-10-12-14-16-18-20-22-24-26-28-30-32-33-34-35-36-37-39-41-43-45-47-49-51-53-55-57-59-61-63-70(75)81-68(67-80-72(71(76)77)78-65-64-73(3,4)5)66-79-69(74)62-60-58-56-54-52-50-48-46-44-42-40-38-31-29-27-25-23-21-19-17-15-13-11-9-7-2/h18-21,24-27,30-32,38,68,72H,6-17,22-23,28-29,33-37,39-67H2,1-5H3/p+1/b20-18-,21-19-,26-24-,27-25-,32-30-,38-31-. The molecule has 9 heteroatoms. The molecule has 0 radical (unpaired) electrons. The lowest BCUT2D eigenvalue weighted by Crippen LogP contribution is -2.40. The number of ether oxygens (including phenoxy) is 4. The average molecular weight is 1140 g/mol. The summed E-state index contributed by atoms with van der Waals surface area (Å²) in [5, 5.41) is 9.74. The molecule has 0 saturated carbocycles. The molecule has 0 heterocycles. The van der Waals surface area contributed by atoms with Crippen molar-refractivity contribution < 1.29 is 42.9 Å². The number of nitrogens with zero attached hydrogens (tertiary/aromatic N) is 1. The lowest BCUT2D eigenvalue weighted by atomic mass is 10.0. The van der Waals surface area contributed by atoms with Gasteiger partial charge in [-0.2, -0.15) is 0 Å². The smallest absolute Gasteiger partial charge is 0.361 e. The maximum Gasteiger partial charge on any atom is 0.361 e. The van der Waals surface area contributed by atoms with E-state index in [9.17, 15) is 19.5 Å². The Morgan fingerprint density at radius 3 is 0.988 bits per heavy atom. The number of carboxylic acid groups (broad SMARTS) is 1. The summed E-state index contributed by atoms with van der Waals surface area (Å²) in [7, 11) is 5.98. The Morgan fingerprint density at radius 1 is 0.370 bits per heavy atom. The van der Waals surface area contributed by atoms with Crippen LogP contribution >= 0.6 is 0 Å². The molecule has 2 atom stereocenters. The zero-order valence-corrected chi connectivity index (χ0v) is 53.7. The number of aliphatic carboxylic acids is 1. The van der Waals surface area contributed by atoms with Crippen LogP contribution in [0.4, 0.5) is 0 Å². The number of carbonyl (C=O) groups is 3. The molecule has 0 spiro atoms. The molecular weight excluding hydrogens is 1010 g/mol. The van der Waals surface area contributed by atoms with E-state index in [0.717, 1.165) is 64.2 Å². The van der Waals surface area contributed by atoms with Gasteiger partial charge < -0.3 is 28.5 Å². The predicted octanol–water partition coefficient (Wildman–Crippen LogP) is 20.9. The lowest BCUT2D eigenvalue weighted by molar-refractivity contribution is -0.870. The molecule has 0 fully saturated rings. The quantitative estimate of drug-likeness (QED) is 0.0211. The monoisotopic (exact) mass is 1140 g/mol. The molecule has 1 N–H and O–H groups in total. The van der Waals surface area contributed by atoms with Crippen LogP contribution in [0.3, 0.4) is 0 Å². The summed E-state index contributed by atoms with van der Waals surface area (Å²) < 4.78 is 23.0. The molecule has 0 aliphatic heterocycles. The fourth-order valence-corrected chi connectivity index (χ4v) is 9.68. The Balaban J connectivity index is 4.14. The van der Waals surface area contributed by atoms with Gasteiger partial charge in [-0.25, -0.2) is 4.79 Å². The Kier molecular flexibility index (Phi) is 60.2. The van der Waals surface area contributed by atoms with Gasteiger partial charge in [-0.3, -0.25) is 9.59 Å². The molecule has 470 valence electrons. The van der Waals surface area contributed by atoms with Crippen LogP contribution in [0.25, 0.3) is 0 Å². The molecule has 0 rings (SSSR count). The minimum absolute atomic E-state index is 0.184. The highest BCUT2D eigenvalue weighted by atomic mass is 16.7. The molecule has 0 aromatic rings. The van der Waals surface area contributed by atoms with Crippen molar-refractivity contribution in [3.05, 3.63) is 72.9 Å². The first-order valence-electron chi connectivity index (χ1n) is 34.1. The van der Waals surface area contributed by atoms with E-state index < -0.39 is 24.3 Å². The topological polar surface area (TPSA) is 108 Å². The molecule has 0 aromatic carbocycles. The van der Waals surface area contributed by atoms with Crippen LogP contribution in [0.1, 0.15) is 309 Å². The second kappa shape index (κ2) is 62.8. The number of rotatable bonds is 63. The van der Waals surface area contributed by atoms with E-state index in [1.165, 1.54) is 218 Å². The van der Waals surface area contributed by atoms with Gasteiger partial charge in [-0.05, 0) is 89.9 Å². The van der Waals surface area contributed by atoms with Crippen LogP contribution in [0.15, 0.2) is 72.9 Å². The molecule has 0 bridgehead atoms. The van der Waals surface area contributed by atoms with Crippen LogP contribution in [-0.2, 0) is 33.3 Å². The summed E-state index contributed by atoms with van der Waals surface area (Å²) in [5.41, 5.74) is 0. The van der Waals surface area contributed by atoms with Gasteiger partial charge >= 0.3 is 17.9 Å². The maximum atomic E-state index is 12.9. The van der Waals surface area contributed by atoms with E-state index in [0.29, 0.717) is 17.4 Å². The van der Waals surface area contributed by atoms with E-state index in [4.69, 9.17) is 18.9 Å². The Bertz CT molecular complexity index is 1560. The Labute approximate surface area is 500 Å². The summed E-state index contributed by atoms with van der Waals surface area (Å²) >= 11 is 0. The minimum atomic E-state index is -1.51. The average Bonchev–Trinajstić information content (AvgIpc) is 3.44. The van der Waals surface area contributed by atoms with Gasteiger partial charge in [0.2, 0.25) is 0 Å². The number of esters is 2. The van der Waals surface area contributed by atoms with Gasteiger partial charge in [-0.15, -0.1) is 0 Å². The Hall–Kier alpha value is -3.27. The summed E-state index contributed by atoms with van der Waals surface area (Å²) in [6.45, 7) is 4.88. The van der Waals surface area contributed by atoms with Gasteiger partial charge in [0, 0.05) is 12.8 Å². The molecule has 9 nitrogen and oxygen atoms in total. The van der Waals surface area contributed by atoms with Crippen molar-refractivity contribution in [2.75, 3.05) is 47.5 Å². The van der Waals surface area contributed by atoms with Crippen LogP contribution < -0.4 is 0 Å². The highest BCUT2D eigenvalue weighted by Crippen LogP contribution is 2.17. The molecular formula is C72H130NO8+. The van der Waals surface area contributed by atoms with E-state index in [1.807, 2.05) is 21.1 Å². The van der Waals surface area contributed by atoms with Crippen LogP contribution in [0, 0.1) is 0 Å². The first-order valence-corrected chi connectivity index (χ1v) is 34.1. The third-order valence-electron chi connectivity index (χ3n) is 14.9. The van der Waals surface area contributed by atoms with Crippen molar-refractivity contribution >= 4 is 17.9 Å². The fraction of sp³-hybridized carbons (Fsp3) is 0.792. The van der Waals surface area contributed by atoms with Crippen LogP contribution in [0.5, 0.6) is 0 Å². The largest absolute Gasteiger partial charge is 0.477 e. The summed E-state index contributed by atoms with van der Waals surface area (Å²) in [6, 6.07) is 0. The van der Waals surface area contributed by atoms with Crippen molar-refractivity contribution in [3.8, 4) is 0 Å². The van der Waals surface area contributed by atoms with Gasteiger partial charge in [-0.1, -0.05) is 279 Å². The number of unbranched alkanes of at least 4 members (excludes halogenated alkanes) is 36. The molecule has 2 unspecified atom stereocenters. The summed E-state index contributed by atoms with van der Waals surface area (Å²) in [6.07, 6.45) is 80.0. The Morgan fingerprint density at radius 2 is 0.667 bits per heavy atom. The third-order valence-corrected chi connectivity index (χ3v) is 14.9. The molecule has 0 amide bonds. The van der Waals surface area contributed by atoms with Gasteiger partial charge in [0.25, 0.3) is 6.29 Å². The SMILES string of the molecule is CCCCCCC/C=C\C/C=C\C/C=C\CCCCCCCCCCCCCCCCCCC(=O)OC(COC(=O)CCCCCCCCCCCC/C=C\C/C=C\C/C=C\CCCCCCC)COC(OCC[N+](C)(C)C)C(=O)O. The summed E-state index contributed by atoms with van der Waals surface area (Å²) in [4.78, 5) is 37.6. The van der Waals surface area contributed by atoms with Crippen molar-refractivity contribution in [1.82, 2.24) is 0 Å². The van der Waals surface area contributed by atoms with Crippen molar-refractivity contribution in [3.63, 3.8) is 0 Å². The van der Waals surface area contributed by atoms with Crippen LogP contribution in [0.2, 0.25) is 0 Å². The van der Waals surface area contributed by atoms with Crippen molar-refractivity contribution in [2.24, 2.45) is 0 Å². The second-order valence-electron chi connectivity index (χ2n) is 24.1. The number of quaternary nitrogens is 1. The molecule has 81 heavy (non-hydrogen) atoms. The lowest BCUT2D eigenvalue weighted by Gasteiger charge is -2.25. The number of hydrogen-bond donors (Lipinski definition) is 1. The molecule has 0 aliphatic carbocycles. The highest BCUT2D eigenvalue weighted by molar-refractivity contribution is 5.71. The fourth-order valence-electron chi connectivity index (χ4n) is 9.68. The van der Waals surface area contributed by atoms with Crippen LogP contribution in [-0.4, -0.2) is 87.4 Å². The third kappa shape index (κ3) is 64.1. The zero-order chi connectivity index (χ0) is 59.1. The predicted molar refractivity (Wildman–Crippen MR) is 346 cm³/mol. The molecule has 0 aliphatic rings. The number of carbonyl (C=O) groups excluding carboxylic acids is 2. The zero-order valence-electron chi connectivity index (χ0n) is 53.7. The molecule has 0 aromatic heterocycles. The van der Waals surface area contributed by atoms with Gasteiger partial charge in [0.05, 0.1) is 34.4 Å². The summed E-state index contributed by atoms with van der Waals surface area (Å²) in [5.74, 6) is -2.00. The number of carboxylic acids is 1. The number of allylic oxidation sites excluding steroid dienone is 12. The van der Waals surface area contributed by atoms with Gasteiger partial charge in [0.1, 0.15) is 13.2 Å². The van der Waals surface area contributed by atoms with E-state index in [2.05, 4.69) is 86.8 Å². The maximum absolute atomic E-state index is 12.9. The number of hydrogen-bond acceptors (Lipinski definition) is 7. The van der Waals surface area contributed by atoms with Crippen molar-refractivity contribution in [1.29, 1.82) is 0 Å². The molecule has 0 saturated heterocycles. The van der Waals surface area contributed by atoms with E-state index >= 15 is 0 Å². The van der Waals surface area contributed by atoms with Gasteiger partial charge in [0.15, 0.2) is 6.10 Å². The minimum Gasteiger partial charge on any atom is -0.477 e.